The quantitative estimate of drug-likeness (QED) is 0.889. The third-order valence-electron chi connectivity index (χ3n) is 4.75. The minimum absolute atomic E-state index is 0.0738. The second-order valence-corrected chi connectivity index (χ2v) is 6.37. The van der Waals surface area contributed by atoms with Crippen LogP contribution in [0.3, 0.4) is 0 Å². The predicted octanol–water partition coefficient (Wildman–Crippen LogP) is 1.53. The third kappa shape index (κ3) is 3.30. The molecule has 0 unspecified atom stereocenters. The Morgan fingerprint density at radius 2 is 2.14 bits per heavy atom. The molecule has 1 fully saturated rings. The van der Waals surface area contributed by atoms with Crippen LogP contribution in [0.15, 0.2) is 24.3 Å². The topological polar surface area (TPSA) is 75.4 Å². The number of hydrogen-bond acceptors (Lipinski definition) is 3. The molecule has 2 atom stereocenters. The summed E-state index contributed by atoms with van der Waals surface area (Å²) < 4.78 is 0. The normalized spacial score (nSPS) is 25.9. The van der Waals surface area contributed by atoms with E-state index in [1.807, 2.05) is 18.2 Å². The van der Waals surface area contributed by atoms with Gasteiger partial charge in [0.1, 0.15) is 0 Å². The Morgan fingerprint density at radius 3 is 2.95 bits per heavy atom. The van der Waals surface area contributed by atoms with E-state index < -0.39 is 0 Å². The molecule has 118 valence electrons. The molecular formula is C17H23N3O2. The van der Waals surface area contributed by atoms with Crippen molar-refractivity contribution in [2.24, 2.45) is 11.7 Å². The number of nitrogens with zero attached hydrogens (tertiary/aromatic N) is 1. The second kappa shape index (κ2) is 6.48. The molecule has 0 radical (unpaired) electrons. The highest BCUT2D eigenvalue weighted by molar-refractivity contribution is 5.96. The molecule has 2 aliphatic rings. The van der Waals surface area contributed by atoms with Crippen LogP contribution in [0.2, 0.25) is 0 Å². The van der Waals surface area contributed by atoms with Crippen LogP contribution in [0.25, 0.3) is 0 Å². The van der Waals surface area contributed by atoms with Gasteiger partial charge in [-0.25, -0.2) is 0 Å². The highest BCUT2D eigenvalue weighted by Gasteiger charge is 2.32. The predicted molar refractivity (Wildman–Crippen MR) is 85.3 cm³/mol. The Balaban J connectivity index is 1.70. The van der Waals surface area contributed by atoms with Gasteiger partial charge in [-0.15, -0.1) is 0 Å². The molecule has 0 aliphatic carbocycles. The van der Waals surface area contributed by atoms with Crippen LogP contribution < -0.4 is 11.1 Å². The van der Waals surface area contributed by atoms with Crippen LogP contribution in [0, 0.1) is 5.92 Å². The summed E-state index contributed by atoms with van der Waals surface area (Å²) in [5, 5.41) is 3.05. The number of carbonyl (C=O) groups excluding carboxylic acids is 2. The molecule has 5 nitrogen and oxygen atoms in total. The Labute approximate surface area is 130 Å². The van der Waals surface area contributed by atoms with Crippen molar-refractivity contribution >= 4 is 17.5 Å². The number of rotatable bonds is 3. The van der Waals surface area contributed by atoms with E-state index in [2.05, 4.69) is 16.3 Å². The molecule has 1 aromatic rings. The first-order valence-corrected chi connectivity index (χ1v) is 8.04. The number of likely N-dealkylation sites (tertiary alicyclic amines) is 1. The number of piperidine rings is 1. The number of nitrogens with two attached hydrogens (primary N) is 1. The monoisotopic (exact) mass is 301 g/mol. The molecule has 22 heavy (non-hydrogen) atoms. The summed E-state index contributed by atoms with van der Waals surface area (Å²) in [7, 11) is 0. The summed E-state index contributed by atoms with van der Waals surface area (Å²) in [5.41, 5.74) is 7.45. The molecule has 2 heterocycles. The third-order valence-corrected chi connectivity index (χ3v) is 4.75. The van der Waals surface area contributed by atoms with Gasteiger partial charge in [0.05, 0.1) is 6.04 Å². The van der Waals surface area contributed by atoms with E-state index in [0.29, 0.717) is 6.42 Å². The first-order valence-electron chi connectivity index (χ1n) is 8.04. The lowest BCUT2D eigenvalue weighted by Gasteiger charge is -2.36. The van der Waals surface area contributed by atoms with Crippen LogP contribution in [0.5, 0.6) is 0 Å². The van der Waals surface area contributed by atoms with Crippen molar-refractivity contribution < 1.29 is 9.59 Å². The van der Waals surface area contributed by atoms with Crippen molar-refractivity contribution in [1.82, 2.24) is 4.90 Å². The molecule has 2 aliphatic heterocycles. The summed E-state index contributed by atoms with van der Waals surface area (Å²) in [4.78, 5) is 25.9. The Hall–Kier alpha value is -1.88. The molecule has 5 heteroatoms. The number of nitrogens with one attached hydrogen (secondary N) is 1. The SMILES string of the molecule is NC(=O)C[C@@H]1CCCN([C@H]2CCc3ccccc3NC2=O)C1. The van der Waals surface area contributed by atoms with Crippen molar-refractivity contribution in [2.45, 2.75) is 38.1 Å². The Morgan fingerprint density at radius 1 is 1.32 bits per heavy atom. The first-order chi connectivity index (χ1) is 10.6. The average molecular weight is 301 g/mol. The molecule has 0 aromatic heterocycles. The standard InChI is InChI=1S/C17H23N3O2/c18-16(21)10-12-4-3-9-20(11-12)15-8-7-13-5-1-2-6-14(13)19-17(15)22/h1-2,5-6,12,15H,3-4,7-11H2,(H2,18,21)(H,19,22)/t12-,15-/m0/s1. The zero-order chi connectivity index (χ0) is 15.5. The maximum atomic E-state index is 12.6. The number of primary amides is 1. The van der Waals surface area contributed by atoms with Crippen LogP contribution in [-0.2, 0) is 16.0 Å². The van der Waals surface area contributed by atoms with Gasteiger partial charge in [-0.1, -0.05) is 18.2 Å². The zero-order valence-electron chi connectivity index (χ0n) is 12.8. The number of amides is 2. The fourth-order valence-corrected chi connectivity index (χ4v) is 3.68. The second-order valence-electron chi connectivity index (χ2n) is 6.37. The van der Waals surface area contributed by atoms with Crippen LogP contribution >= 0.6 is 0 Å². The smallest absolute Gasteiger partial charge is 0.241 e. The van der Waals surface area contributed by atoms with Crippen LogP contribution in [0.1, 0.15) is 31.2 Å². The van der Waals surface area contributed by atoms with E-state index in [4.69, 9.17) is 5.73 Å². The average Bonchev–Trinajstić information content (AvgIpc) is 2.65. The maximum absolute atomic E-state index is 12.6. The number of anilines is 1. The summed E-state index contributed by atoms with van der Waals surface area (Å²) in [6, 6.07) is 7.88. The lowest BCUT2D eigenvalue weighted by Crippen LogP contribution is -2.48. The number of fused-ring (bicyclic) bond motifs is 1. The lowest BCUT2D eigenvalue weighted by atomic mass is 9.92. The minimum Gasteiger partial charge on any atom is -0.370 e. The van der Waals surface area contributed by atoms with Crippen molar-refractivity contribution in [3.05, 3.63) is 29.8 Å². The molecule has 2 amide bonds. The summed E-state index contributed by atoms with van der Waals surface area (Å²) >= 11 is 0. The zero-order valence-corrected chi connectivity index (χ0v) is 12.8. The van der Waals surface area contributed by atoms with E-state index in [9.17, 15) is 9.59 Å². The molecule has 0 spiro atoms. The van der Waals surface area contributed by atoms with Gasteiger partial charge >= 0.3 is 0 Å². The number of para-hydroxylation sites is 1. The number of carbonyl (C=O) groups is 2. The molecule has 3 rings (SSSR count). The van der Waals surface area contributed by atoms with E-state index in [1.54, 1.807) is 0 Å². The van der Waals surface area contributed by atoms with Gasteiger partial charge in [0.25, 0.3) is 0 Å². The van der Waals surface area contributed by atoms with Gasteiger partial charge in [-0.2, -0.15) is 0 Å². The number of hydrogen-bond donors (Lipinski definition) is 2. The Kier molecular flexibility index (Phi) is 4.43. The van der Waals surface area contributed by atoms with Crippen LogP contribution in [0.4, 0.5) is 5.69 Å². The number of benzene rings is 1. The van der Waals surface area contributed by atoms with Gasteiger partial charge in [0, 0.05) is 18.7 Å². The van der Waals surface area contributed by atoms with E-state index >= 15 is 0 Å². The van der Waals surface area contributed by atoms with Crippen molar-refractivity contribution in [3.63, 3.8) is 0 Å². The van der Waals surface area contributed by atoms with Gasteiger partial charge in [0.15, 0.2) is 0 Å². The van der Waals surface area contributed by atoms with Crippen molar-refractivity contribution in [2.75, 3.05) is 18.4 Å². The first kappa shape index (κ1) is 15.0. The van der Waals surface area contributed by atoms with Gasteiger partial charge < -0.3 is 11.1 Å². The summed E-state index contributed by atoms with van der Waals surface area (Å²) in [6.07, 6.45) is 4.19. The molecular weight excluding hydrogens is 278 g/mol. The molecule has 1 saturated heterocycles. The lowest BCUT2D eigenvalue weighted by molar-refractivity contribution is -0.122. The highest BCUT2D eigenvalue weighted by Crippen LogP contribution is 2.27. The summed E-state index contributed by atoms with van der Waals surface area (Å²) in [5.74, 6) is 0.110. The van der Waals surface area contributed by atoms with Gasteiger partial charge in [-0.05, 0) is 49.8 Å². The summed E-state index contributed by atoms with van der Waals surface area (Å²) in [6.45, 7) is 1.71. The van der Waals surface area contributed by atoms with E-state index in [-0.39, 0.29) is 23.8 Å². The number of aryl methyl sites for hydroxylation is 1. The largest absolute Gasteiger partial charge is 0.370 e. The van der Waals surface area contributed by atoms with Crippen LogP contribution in [-0.4, -0.2) is 35.8 Å². The minimum atomic E-state index is -0.246. The fourth-order valence-electron chi connectivity index (χ4n) is 3.68. The fraction of sp³-hybridized carbons (Fsp3) is 0.529. The molecule has 3 N–H and O–H groups in total. The van der Waals surface area contributed by atoms with Crippen molar-refractivity contribution in [1.29, 1.82) is 0 Å². The maximum Gasteiger partial charge on any atom is 0.241 e. The molecule has 0 saturated carbocycles. The molecule has 0 bridgehead atoms. The van der Waals surface area contributed by atoms with Crippen molar-refractivity contribution in [3.8, 4) is 0 Å². The van der Waals surface area contributed by atoms with E-state index in [1.165, 1.54) is 5.56 Å². The molecule has 1 aromatic carbocycles. The van der Waals surface area contributed by atoms with Gasteiger partial charge in [0.2, 0.25) is 11.8 Å². The Bertz CT molecular complexity index is 573. The van der Waals surface area contributed by atoms with Gasteiger partial charge in [-0.3, -0.25) is 14.5 Å². The van der Waals surface area contributed by atoms with E-state index in [0.717, 1.165) is 44.5 Å². The highest BCUT2D eigenvalue weighted by atomic mass is 16.2.